The quantitative estimate of drug-likeness (QED) is 0.443. The zero-order chi connectivity index (χ0) is 23.4. The van der Waals surface area contributed by atoms with Crippen molar-refractivity contribution in [1.29, 1.82) is 0 Å². The number of likely N-dealkylation sites (N-methyl/N-ethyl adjacent to an activating group) is 1. The lowest BCUT2D eigenvalue weighted by molar-refractivity contribution is 0.00399. The maximum atomic E-state index is 6.07. The molecule has 0 saturated carbocycles. The fraction of sp³-hybridized carbons (Fsp3) is 0.385. The zero-order valence-corrected chi connectivity index (χ0v) is 19.7. The van der Waals surface area contributed by atoms with Crippen LogP contribution in [0, 0.1) is 0 Å². The molecular weight excluding hydrogens is 442 g/mol. The molecule has 3 aromatic heterocycles. The molecule has 0 bridgehead atoms. The van der Waals surface area contributed by atoms with E-state index in [-0.39, 0.29) is 5.54 Å². The van der Waals surface area contributed by atoms with Crippen molar-refractivity contribution in [3.8, 4) is 17.0 Å². The van der Waals surface area contributed by atoms with Gasteiger partial charge in [0.1, 0.15) is 29.2 Å². The molecule has 1 atom stereocenters. The Morgan fingerprint density at radius 1 is 0.943 bits per heavy atom. The molecule has 9 nitrogen and oxygen atoms in total. The lowest BCUT2D eigenvalue weighted by Gasteiger charge is -2.43. The van der Waals surface area contributed by atoms with Crippen molar-refractivity contribution >= 4 is 17.1 Å². The summed E-state index contributed by atoms with van der Waals surface area (Å²) in [7, 11) is 2.15. The highest BCUT2D eigenvalue weighted by atomic mass is 16.5. The Morgan fingerprint density at radius 2 is 1.77 bits per heavy atom. The minimum atomic E-state index is -0.384. The largest absolute Gasteiger partial charge is 0.493 e. The molecule has 0 radical (unpaired) electrons. The minimum absolute atomic E-state index is 0.384. The lowest BCUT2D eigenvalue weighted by Crippen LogP contribution is -2.47. The van der Waals surface area contributed by atoms with Gasteiger partial charge in [-0.25, -0.2) is 19.9 Å². The van der Waals surface area contributed by atoms with E-state index in [2.05, 4.69) is 43.5 Å². The zero-order valence-electron chi connectivity index (χ0n) is 19.7. The van der Waals surface area contributed by atoms with Gasteiger partial charge in [-0.05, 0) is 25.2 Å². The van der Waals surface area contributed by atoms with Crippen LogP contribution in [0.25, 0.3) is 22.4 Å². The van der Waals surface area contributed by atoms with Crippen molar-refractivity contribution in [2.24, 2.45) is 0 Å². The summed E-state index contributed by atoms with van der Waals surface area (Å²) in [4.78, 5) is 23.9. The molecule has 0 N–H and O–H groups in total. The van der Waals surface area contributed by atoms with Crippen LogP contribution in [0.4, 0.5) is 5.95 Å². The second kappa shape index (κ2) is 8.00. The molecule has 1 unspecified atom stereocenters. The Kier molecular flexibility index (Phi) is 4.75. The topological polar surface area (TPSA) is 81.4 Å². The first-order valence-corrected chi connectivity index (χ1v) is 12.2. The van der Waals surface area contributed by atoms with E-state index in [9.17, 15) is 0 Å². The van der Waals surface area contributed by atoms with Crippen LogP contribution in [-0.2, 0) is 16.9 Å². The van der Waals surface area contributed by atoms with Gasteiger partial charge in [0.15, 0.2) is 5.65 Å². The number of ether oxygens (including phenoxy) is 2. The van der Waals surface area contributed by atoms with Crippen molar-refractivity contribution < 1.29 is 9.47 Å². The second-order valence-corrected chi connectivity index (χ2v) is 9.58. The van der Waals surface area contributed by atoms with Crippen LogP contribution in [0.3, 0.4) is 0 Å². The number of benzene rings is 1. The first-order valence-electron chi connectivity index (χ1n) is 12.2. The highest BCUT2D eigenvalue weighted by Gasteiger charge is 2.45. The third-order valence-corrected chi connectivity index (χ3v) is 7.46. The molecule has 1 saturated heterocycles. The molecule has 0 aliphatic carbocycles. The number of fused-ring (bicyclic) bond motifs is 6. The number of imidazole rings is 1. The van der Waals surface area contributed by atoms with E-state index >= 15 is 0 Å². The second-order valence-electron chi connectivity index (χ2n) is 9.58. The molecule has 1 fully saturated rings. The Bertz CT molecular complexity index is 1390. The fourth-order valence-corrected chi connectivity index (χ4v) is 5.53. The lowest BCUT2D eigenvalue weighted by atomic mass is 9.84. The van der Waals surface area contributed by atoms with E-state index in [4.69, 9.17) is 19.4 Å². The first-order chi connectivity index (χ1) is 17.2. The summed E-state index contributed by atoms with van der Waals surface area (Å²) in [6.07, 6.45) is 4.56. The number of nitrogens with zero attached hydrogens (tertiary/aromatic N) is 7. The van der Waals surface area contributed by atoms with E-state index in [0.717, 1.165) is 78.1 Å². The molecular formula is C26H27N7O2. The molecule has 178 valence electrons. The van der Waals surface area contributed by atoms with Crippen molar-refractivity contribution in [2.45, 2.75) is 18.6 Å². The fourth-order valence-electron chi connectivity index (χ4n) is 5.53. The average molecular weight is 470 g/mol. The van der Waals surface area contributed by atoms with Crippen LogP contribution >= 0.6 is 0 Å². The van der Waals surface area contributed by atoms with E-state index in [1.807, 2.05) is 36.7 Å². The Hall–Kier alpha value is -3.56. The Morgan fingerprint density at radius 3 is 2.63 bits per heavy atom. The third-order valence-electron chi connectivity index (χ3n) is 7.46. The summed E-state index contributed by atoms with van der Waals surface area (Å²) in [6, 6.07) is 12.3. The van der Waals surface area contributed by atoms with Crippen LogP contribution in [0.1, 0.15) is 17.8 Å². The first kappa shape index (κ1) is 20.8. The number of anilines is 1. The number of aromatic nitrogens is 5. The maximum Gasteiger partial charge on any atom is 0.225 e. The number of hydrogen-bond acceptors (Lipinski definition) is 8. The van der Waals surface area contributed by atoms with Gasteiger partial charge in [-0.3, -0.25) is 4.57 Å². The van der Waals surface area contributed by atoms with Crippen LogP contribution in [0.15, 0.2) is 48.8 Å². The van der Waals surface area contributed by atoms with Gasteiger partial charge < -0.3 is 19.3 Å². The summed E-state index contributed by atoms with van der Waals surface area (Å²) < 4.78 is 14.3. The predicted octanol–water partition coefficient (Wildman–Crippen LogP) is 2.70. The Labute approximate surface area is 203 Å². The molecule has 35 heavy (non-hydrogen) atoms. The third kappa shape index (κ3) is 3.30. The standard InChI is InChI=1S/C26H27N7O2/c1-31-9-11-32(12-10-31)25-27-14-18(15-28-25)20-6-7-21-24(30-20)33-23(29-21)16-34-17-26(33)8-13-35-22-5-3-2-4-19(22)26/h2-7,14-15H,8-13,16-17H2,1H3. The Balaban J connectivity index is 1.30. The number of hydrogen-bond donors (Lipinski definition) is 0. The van der Waals surface area contributed by atoms with E-state index < -0.39 is 0 Å². The van der Waals surface area contributed by atoms with E-state index in [1.54, 1.807) is 0 Å². The van der Waals surface area contributed by atoms with Gasteiger partial charge in [0.05, 0.1) is 18.9 Å². The monoisotopic (exact) mass is 469 g/mol. The average Bonchev–Trinajstić information content (AvgIpc) is 3.29. The molecule has 4 aromatic rings. The smallest absolute Gasteiger partial charge is 0.225 e. The summed E-state index contributed by atoms with van der Waals surface area (Å²) >= 11 is 0. The van der Waals surface area contributed by atoms with Gasteiger partial charge in [0, 0.05) is 56.1 Å². The summed E-state index contributed by atoms with van der Waals surface area (Å²) in [5, 5.41) is 0. The number of rotatable bonds is 2. The highest BCUT2D eigenvalue weighted by Crippen LogP contribution is 2.44. The normalized spacial score (nSPS) is 22.1. The predicted molar refractivity (Wildman–Crippen MR) is 132 cm³/mol. The molecule has 7 rings (SSSR count). The molecule has 9 heteroatoms. The molecule has 1 aromatic carbocycles. The van der Waals surface area contributed by atoms with Crippen molar-refractivity contribution in [3.63, 3.8) is 0 Å². The van der Waals surface area contributed by atoms with Gasteiger partial charge in [-0.1, -0.05) is 18.2 Å². The van der Waals surface area contributed by atoms with Crippen molar-refractivity contribution in [3.05, 3.63) is 60.2 Å². The molecule has 6 heterocycles. The molecule has 0 amide bonds. The summed E-state index contributed by atoms with van der Waals surface area (Å²) in [6.45, 7) is 5.60. The number of piperazine rings is 1. The summed E-state index contributed by atoms with van der Waals surface area (Å²) in [5.74, 6) is 2.58. The number of para-hydroxylation sites is 1. The van der Waals surface area contributed by atoms with Crippen LogP contribution in [-0.4, -0.2) is 75.8 Å². The highest BCUT2D eigenvalue weighted by molar-refractivity contribution is 5.77. The van der Waals surface area contributed by atoms with Crippen LogP contribution in [0.5, 0.6) is 5.75 Å². The minimum Gasteiger partial charge on any atom is -0.493 e. The van der Waals surface area contributed by atoms with Gasteiger partial charge in [-0.15, -0.1) is 0 Å². The van der Waals surface area contributed by atoms with Crippen LogP contribution in [0.2, 0.25) is 0 Å². The van der Waals surface area contributed by atoms with Gasteiger partial charge in [-0.2, -0.15) is 0 Å². The summed E-state index contributed by atoms with van der Waals surface area (Å²) in [5.41, 5.74) is 4.21. The maximum absolute atomic E-state index is 6.07. The van der Waals surface area contributed by atoms with Crippen molar-refractivity contribution in [1.82, 2.24) is 29.4 Å². The van der Waals surface area contributed by atoms with Gasteiger partial charge >= 0.3 is 0 Å². The van der Waals surface area contributed by atoms with Gasteiger partial charge in [0.25, 0.3) is 0 Å². The molecule has 3 aliphatic heterocycles. The van der Waals surface area contributed by atoms with Gasteiger partial charge in [0.2, 0.25) is 5.95 Å². The molecule has 3 aliphatic rings. The van der Waals surface area contributed by atoms with E-state index in [0.29, 0.717) is 19.8 Å². The van der Waals surface area contributed by atoms with Crippen molar-refractivity contribution in [2.75, 3.05) is 51.3 Å². The SMILES string of the molecule is CN1CCN(c2ncc(-c3ccc4nc5n(c4n3)C3(CCOc4ccccc43)COC5)cn2)CC1. The van der Waals surface area contributed by atoms with E-state index in [1.165, 1.54) is 0 Å². The van der Waals surface area contributed by atoms with Crippen LogP contribution < -0.4 is 9.64 Å². The molecule has 1 spiro atoms. The number of pyridine rings is 1.